The van der Waals surface area contributed by atoms with E-state index in [-0.39, 0.29) is 27.6 Å². The molecule has 2 aromatic rings. The number of primary sulfonamides is 1. The molecule has 2 unspecified atom stereocenters. The number of amides is 2. The molecule has 34 heavy (non-hydrogen) atoms. The number of rotatable bonds is 10. The number of anilines is 1. The van der Waals surface area contributed by atoms with Crippen LogP contribution in [0.3, 0.4) is 0 Å². The molecule has 2 aromatic carbocycles. The third-order valence-corrected chi connectivity index (χ3v) is 6.61. The van der Waals surface area contributed by atoms with Crippen molar-refractivity contribution in [2.75, 3.05) is 17.3 Å². The lowest BCUT2D eigenvalue weighted by Crippen LogP contribution is -2.44. The number of sulfonamides is 1. The molecule has 0 fully saturated rings. The van der Waals surface area contributed by atoms with Gasteiger partial charge in [0.05, 0.1) is 15.5 Å². The molecule has 184 valence electrons. The summed E-state index contributed by atoms with van der Waals surface area (Å²) in [6.07, 6.45) is 0.913. The maximum Gasteiger partial charge on any atom is 0.329 e. The summed E-state index contributed by atoms with van der Waals surface area (Å²) in [6, 6.07) is 8.50. The van der Waals surface area contributed by atoms with Crippen LogP contribution in [0.2, 0.25) is 10.0 Å². The number of hydrogen-bond acceptors (Lipinski definition) is 7. The van der Waals surface area contributed by atoms with Gasteiger partial charge in [0, 0.05) is 10.7 Å². The van der Waals surface area contributed by atoms with E-state index in [1.807, 2.05) is 6.26 Å². The standard InChI is InChI=1S/C21H23Cl2N3O6S2/c1-12(19(27)25-14-4-6-15(7-5-14)34(24,30)31)32-21(29)18(9-10-33-2)26-20(28)16-8-3-13(22)11-17(16)23/h3-8,11-12,18H,9-10H2,1-2H3,(H,25,27)(H,26,28)(H2,24,30,31). The average Bonchev–Trinajstić information content (AvgIpc) is 2.76. The highest BCUT2D eigenvalue weighted by atomic mass is 35.5. The average molecular weight is 548 g/mol. The fourth-order valence-electron chi connectivity index (χ4n) is 2.68. The SMILES string of the molecule is CSCCC(NC(=O)c1ccc(Cl)cc1Cl)C(=O)OC(C)C(=O)Nc1ccc(S(N)(=O)=O)cc1. The quantitative estimate of drug-likeness (QED) is 0.387. The number of hydrogen-bond donors (Lipinski definition) is 3. The van der Waals surface area contributed by atoms with Gasteiger partial charge in [-0.2, -0.15) is 11.8 Å². The van der Waals surface area contributed by atoms with Gasteiger partial charge in [-0.3, -0.25) is 9.59 Å². The lowest BCUT2D eigenvalue weighted by atomic mass is 10.1. The van der Waals surface area contributed by atoms with E-state index in [1.54, 1.807) is 0 Å². The molecule has 9 nitrogen and oxygen atoms in total. The molecular formula is C21H23Cl2N3O6S2. The first-order chi connectivity index (χ1) is 15.9. The first-order valence-corrected chi connectivity index (χ1v) is 13.5. The van der Waals surface area contributed by atoms with E-state index in [0.717, 1.165) is 0 Å². The van der Waals surface area contributed by atoms with E-state index in [4.69, 9.17) is 33.1 Å². The second-order valence-corrected chi connectivity index (χ2v) is 10.5. The maximum absolute atomic E-state index is 12.7. The molecule has 0 aromatic heterocycles. The van der Waals surface area contributed by atoms with Gasteiger partial charge < -0.3 is 15.4 Å². The molecule has 0 radical (unpaired) electrons. The molecular weight excluding hydrogens is 525 g/mol. The van der Waals surface area contributed by atoms with Gasteiger partial charge in [-0.25, -0.2) is 18.4 Å². The lowest BCUT2D eigenvalue weighted by molar-refractivity contribution is -0.155. The lowest BCUT2D eigenvalue weighted by Gasteiger charge is -2.20. The van der Waals surface area contributed by atoms with E-state index in [2.05, 4.69) is 10.6 Å². The van der Waals surface area contributed by atoms with Crippen LogP contribution in [0.1, 0.15) is 23.7 Å². The Morgan fingerprint density at radius 3 is 2.32 bits per heavy atom. The number of esters is 1. The topological polar surface area (TPSA) is 145 Å². The summed E-state index contributed by atoms with van der Waals surface area (Å²) in [5.74, 6) is -1.48. The Morgan fingerprint density at radius 1 is 1.12 bits per heavy atom. The summed E-state index contributed by atoms with van der Waals surface area (Å²) in [7, 11) is -3.87. The zero-order valence-corrected chi connectivity index (χ0v) is 21.4. The van der Waals surface area contributed by atoms with Crippen molar-refractivity contribution in [3.05, 3.63) is 58.1 Å². The Labute approximate surface area is 211 Å². The Morgan fingerprint density at radius 2 is 1.76 bits per heavy atom. The van der Waals surface area contributed by atoms with Gasteiger partial charge in [0.2, 0.25) is 10.0 Å². The molecule has 0 heterocycles. The van der Waals surface area contributed by atoms with Crippen molar-refractivity contribution in [1.29, 1.82) is 0 Å². The molecule has 0 bridgehead atoms. The van der Waals surface area contributed by atoms with E-state index in [9.17, 15) is 22.8 Å². The van der Waals surface area contributed by atoms with Crippen LogP contribution in [0.4, 0.5) is 5.69 Å². The highest BCUT2D eigenvalue weighted by Crippen LogP contribution is 2.21. The smallest absolute Gasteiger partial charge is 0.329 e. The number of carbonyl (C=O) groups excluding carboxylic acids is 3. The van der Waals surface area contributed by atoms with Crippen LogP contribution in [-0.4, -0.2) is 50.4 Å². The van der Waals surface area contributed by atoms with Crippen molar-refractivity contribution in [3.8, 4) is 0 Å². The molecule has 2 amide bonds. The van der Waals surface area contributed by atoms with Crippen LogP contribution in [0.25, 0.3) is 0 Å². The molecule has 0 aliphatic heterocycles. The highest BCUT2D eigenvalue weighted by molar-refractivity contribution is 7.98. The van der Waals surface area contributed by atoms with Gasteiger partial charge >= 0.3 is 5.97 Å². The zero-order valence-electron chi connectivity index (χ0n) is 18.2. The number of carbonyl (C=O) groups is 3. The van der Waals surface area contributed by atoms with Crippen molar-refractivity contribution >= 4 is 68.5 Å². The normalized spacial score (nSPS) is 13.0. The van der Waals surface area contributed by atoms with Gasteiger partial charge in [0.15, 0.2) is 6.10 Å². The van der Waals surface area contributed by atoms with Crippen LogP contribution in [0, 0.1) is 0 Å². The second-order valence-electron chi connectivity index (χ2n) is 7.07. The number of benzene rings is 2. The molecule has 0 saturated heterocycles. The number of thioether (sulfide) groups is 1. The predicted octanol–water partition coefficient (Wildman–Crippen LogP) is 3.06. The Hall–Kier alpha value is -2.31. The fraction of sp³-hybridized carbons (Fsp3) is 0.286. The van der Waals surface area contributed by atoms with Crippen molar-refractivity contribution < 1.29 is 27.5 Å². The summed E-state index contributed by atoms with van der Waals surface area (Å²) in [6.45, 7) is 1.37. The minimum atomic E-state index is -3.87. The van der Waals surface area contributed by atoms with Crippen LogP contribution in [-0.2, 0) is 24.3 Å². The number of ether oxygens (including phenoxy) is 1. The van der Waals surface area contributed by atoms with E-state index in [0.29, 0.717) is 10.8 Å². The second kappa shape index (κ2) is 12.4. The Kier molecular flexibility index (Phi) is 10.2. The monoisotopic (exact) mass is 547 g/mol. The number of halogens is 2. The Balaban J connectivity index is 2.04. The van der Waals surface area contributed by atoms with Crippen LogP contribution < -0.4 is 15.8 Å². The van der Waals surface area contributed by atoms with Gasteiger partial charge in [0.1, 0.15) is 6.04 Å². The molecule has 0 saturated carbocycles. The van der Waals surface area contributed by atoms with Crippen LogP contribution >= 0.6 is 35.0 Å². The molecule has 4 N–H and O–H groups in total. The zero-order chi connectivity index (χ0) is 25.5. The van der Waals surface area contributed by atoms with Crippen molar-refractivity contribution in [3.63, 3.8) is 0 Å². The van der Waals surface area contributed by atoms with E-state index < -0.39 is 40.0 Å². The van der Waals surface area contributed by atoms with Crippen molar-refractivity contribution in [2.24, 2.45) is 5.14 Å². The van der Waals surface area contributed by atoms with Gasteiger partial charge in [-0.1, -0.05) is 23.2 Å². The first-order valence-electron chi connectivity index (χ1n) is 9.81. The summed E-state index contributed by atoms with van der Waals surface area (Å²) in [5, 5.41) is 10.6. The summed E-state index contributed by atoms with van der Waals surface area (Å²) in [4.78, 5) is 37.7. The van der Waals surface area contributed by atoms with Gasteiger partial charge in [0.25, 0.3) is 11.8 Å². The predicted molar refractivity (Wildman–Crippen MR) is 133 cm³/mol. The summed E-state index contributed by atoms with van der Waals surface area (Å²) in [5.41, 5.74) is 0.423. The number of nitrogens with one attached hydrogen (secondary N) is 2. The molecule has 13 heteroatoms. The fourth-order valence-corrected chi connectivity index (χ4v) is 4.16. The van der Waals surface area contributed by atoms with Gasteiger partial charge in [-0.05, 0) is 67.8 Å². The highest BCUT2D eigenvalue weighted by Gasteiger charge is 2.27. The number of nitrogens with two attached hydrogens (primary N) is 1. The van der Waals surface area contributed by atoms with Crippen LogP contribution in [0.5, 0.6) is 0 Å². The summed E-state index contributed by atoms with van der Waals surface area (Å²) >= 11 is 13.4. The molecule has 0 spiro atoms. The van der Waals surface area contributed by atoms with E-state index >= 15 is 0 Å². The molecule has 0 aliphatic carbocycles. The first kappa shape index (κ1) is 27.9. The van der Waals surface area contributed by atoms with Crippen molar-refractivity contribution in [1.82, 2.24) is 5.32 Å². The molecule has 2 atom stereocenters. The largest absolute Gasteiger partial charge is 0.451 e. The van der Waals surface area contributed by atoms with Crippen molar-refractivity contribution in [2.45, 2.75) is 30.4 Å². The minimum Gasteiger partial charge on any atom is -0.451 e. The minimum absolute atomic E-state index is 0.113. The third-order valence-electron chi connectivity index (χ3n) is 4.49. The van der Waals surface area contributed by atoms with Gasteiger partial charge in [-0.15, -0.1) is 0 Å². The molecule has 2 rings (SSSR count). The van der Waals surface area contributed by atoms with E-state index in [1.165, 1.54) is 61.2 Å². The maximum atomic E-state index is 12.7. The third kappa shape index (κ3) is 8.17. The molecule has 0 aliphatic rings. The summed E-state index contributed by atoms with van der Waals surface area (Å²) < 4.78 is 27.9. The van der Waals surface area contributed by atoms with Crippen LogP contribution in [0.15, 0.2) is 47.4 Å². The Bertz CT molecular complexity index is 1160.